The van der Waals surface area contributed by atoms with Crippen molar-refractivity contribution in [2.45, 2.75) is 13.0 Å². The first-order valence-electron chi connectivity index (χ1n) is 7.92. The van der Waals surface area contributed by atoms with Crippen molar-refractivity contribution in [1.29, 1.82) is 0 Å². The molecule has 26 heavy (non-hydrogen) atoms. The second-order valence-corrected chi connectivity index (χ2v) is 6.44. The van der Waals surface area contributed by atoms with E-state index in [0.717, 1.165) is 5.56 Å². The third kappa shape index (κ3) is 4.40. The lowest BCUT2D eigenvalue weighted by Crippen LogP contribution is -2.25. The summed E-state index contributed by atoms with van der Waals surface area (Å²) in [5.74, 6) is -1.15. The Morgan fingerprint density at radius 3 is 2.31 bits per heavy atom. The number of furan rings is 1. The average molecular weight is 414 g/mol. The zero-order valence-electron chi connectivity index (χ0n) is 13.9. The molecular weight excluding hydrogens is 398 g/mol. The second-order valence-electron chi connectivity index (χ2n) is 5.66. The highest BCUT2D eigenvalue weighted by atomic mass is 79.9. The standard InChI is InChI=1S/C20H16BrNO4/c1-13-7-9-15(10-8-13)22-19(23)18(14-5-3-2-4-6-14)26-20(24)16-11-12-17(21)25-16/h2-12,18H,1H3,(H,22,23)/t18-/m0/s1. The van der Waals surface area contributed by atoms with Crippen LogP contribution in [0.15, 0.2) is 75.8 Å². The summed E-state index contributed by atoms with van der Waals surface area (Å²) >= 11 is 3.14. The number of hydrogen-bond acceptors (Lipinski definition) is 4. The fourth-order valence-corrected chi connectivity index (χ4v) is 2.64. The van der Waals surface area contributed by atoms with Crippen LogP contribution in [0, 0.1) is 6.92 Å². The number of carbonyl (C=O) groups is 2. The highest BCUT2D eigenvalue weighted by Gasteiger charge is 2.27. The van der Waals surface area contributed by atoms with Crippen LogP contribution in [-0.4, -0.2) is 11.9 Å². The maximum Gasteiger partial charge on any atom is 0.375 e. The first kappa shape index (κ1) is 17.9. The second kappa shape index (κ2) is 8.01. The summed E-state index contributed by atoms with van der Waals surface area (Å²) in [6.45, 7) is 1.96. The Hall–Kier alpha value is -2.86. The molecular formula is C20H16BrNO4. The van der Waals surface area contributed by atoms with Gasteiger partial charge in [0.1, 0.15) is 0 Å². The molecule has 0 unspecified atom stereocenters. The van der Waals surface area contributed by atoms with Crippen molar-refractivity contribution in [3.63, 3.8) is 0 Å². The monoisotopic (exact) mass is 413 g/mol. The molecule has 132 valence electrons. The Balaban J connectivity index is 1.82. The molecule has 0 spiro atoms. The normalized spacial score (nSPS) is 11.6. The van der Waals surface area contributed by atoms with Gasteiger partial charge in [0.15, 0.2) is 4.67 Å². The zero-order valence-corrected chi connectivity index (χ0v) is 15.5. The molecule has 3 rings (SSSR count). The number of halogens is 1. The van der Waals surface area contributed by atoms with Crippen LogP contribution in [0.5, 0.6) is 0 Å². The summed E-state index contributed by atoms with van der Waals surface area (Å²) in [6.07, 6.45) is -1.10. The van der Waals surface area contributed by atoms with E-state index < -0.39 is 18.0 Å². The first-order chi connectivity index (χ1) is 12.5. The van der Waals surface area contributed by atoms with Crippen LogP contribution in [-0.2, 0) is 9.53 Å². The van der Waals surface area contributed by atoms with Gasteiger partial charge in [0.05, 0.1) is 0 Å². The maximum atomic E-state index is 12.7. The van der Waals surface area contributed by atoms with Crippen LogP contribution in [0.2, 0.25) is 0 Å². The van der Waals surface area contributed by atoms with E-state index in [-0.39, 0.29) is 5.76 Å². The fraction of sp³-hybridized carbons (Fsp3) is 0.100. The van der Waals surface area contributed by atoms with Gasteiger partial charge in [0, 0.05) is 11.3 Å². The molecule has 0 saturated carbocycles. The molecule has 0 aliphatic heterocycles. The minimum absolute atomic E-state index is 0.0148. The fourth-order valence-electron chi connectivity index (χ4n) is 2.33. The van der Waals surface area contributed by atoms with Gasteiger partial charge in [-0.25, -0.2) is 4.79 Å². The Kier molecular flexibility index (Phi) is 5.53. The van der Waals surface area contributed by atoms with Crippen molar-refractivity contribution < 1.29 is 18.7 Å². The number of carbonyl (C=O) groups excluding carboxylic acids is 2. The predicted octanol–water partition coefficient (Wildman–Crippen LogP) is 4.89. The molecule has 0 bridgehead atoms. The Bertz CT molecular complexity index is 903. The lowest BCUT2D eigenvalue weighted by molar-refractivity contribution is -0.125. The molecule has 5 nitrogen and oxygen atoms in total. The molecule has 0 fully saturated rings. The highest BCUT2D eigenvalue weighted by Crippen LogP contribution is 2.23. The maximum absolute atomic E-state index is 12.7. The van der Waals surface area contributed by atoms with Crippen molar-refractivity contribution >= 4 is 33.5 Å². The Morgan fingerprint density at radius 1 is 1.00 bits per heavy atom. The van der Waals surface area contributed by atoms with Crippen LogP contribution in [0.4, 0.5) is 5.69 Å². The number of rotatable bonds is 5. The van der Waals surface area contributed by atoms with Crippen LogP contribution >= 0.6 is 15.9 Å². The van der Waals surface area contributed by atoms with Crippen LogP contribution < -0.4 is 5.32 Å². The summed E-state index contributed by atoms with van der Waals surface area (Å²) in [6, 6.07) is 19.3. The lowest BCUT2D eigenvalue weighted by atomic mass is 10.1. The summed E-state index contributed by atoms with van der Waals surface area (Å²) in [4.78, 5) is 25.1. The third-order valence-corrected chi connectivity index (χ3v) is 4.09. The third-order valence-electron chi connectivity index (χ3n) is 3.66. The van der Waals surface area contributed by atoms with Gasteiger partial charge in [-0.15, -0.1) is 0 Å². The molecule has 0 aliphatic carbocycles. The zero-order chi connectivity index (χ0) is 18.5. The molecule has 1 aromatic heterocycles. The average Bonchev–Trinajstić information content (AvgIpc) is 3.08. The van der Waals surface area contributed by atoms with Crippen molar-refractivity contribution in [2.75, 3.05) is 5.32 Å². The predicted molar refractivity (Wildman–Crippen MR) is 101 cm³/mol. The van der Waals surface area contributed by atoms with E-state index in [9.17, 15) is 9.59 Å². The van der Waals surface area contributed by atoms with E-state index in [0.29, 0.717) is 15.9 Å². The number of aryl methyl sites for hydroxylation is 1. The van der Waals surface area contributed by atoms with E-state index in [4.69, 9.17) is 9.15 Å². The number of ether oxygens (including phenoxy) is 1. The summed E-state index contributed by atoms with van der Waals surface area (Å²) in [7, 11) is 0. The van der Waals surface area contributed by atoms with Crippen LogP contribution in [0.3, 0.4) is 0 Å². The van der Waals surface area contributed by atoms with Gasteiger partial charge in [-0.05, 0) is 47.1 Å². The molecule has 0 saturated heterocycles. The van der Waals surface area contributed by atoms with Crippen LogP contribution in [0.1, 0.15) is 27.8 Å². The summed E-state index contributed by atoms with van der Waals surface area (Å²) in [5.41, 5.74) is 2.27. The SMILES string of the molecule is Cc1ccc(NC(=O)[C@@H](OC(=O)c2ccc(Br)o2)c2ccccc2)cc1. The van der Waals surface area contributed by atoms with E-state index in [1.165, 1.54) is 6.07 Å². The molecule has 1 amide bonds. The number of nitrogens with one attached hydrogen (secondary N) is 1. The van der Waals surface area contributed by atoms with Gasteiger partial charge in [-0.1, -0.05) is 48.0 Å². The summed E-state index contributed by atoms with van der Waals surface area (Å²) in [5, 5.41) is 2.77. The molecule has 0 aliphatic rings. The molecule has 2 aromatic carbocycles. The molecule has 0 radical (unpaired) electrons. The van der Waals surface area contributed by atoms with Gasteiger partial charge >= 0.3 is 5.97 Å². The van der Waals surface area contributed by atoms with Gasteiger partial charge in [-0.2, -0.15) is 0 Å². The van der Waals surface area contributed by atoms with Crippen molar-refractivity contribution in [3.8, 4) is 0 Å². The highest BCUT2D eigenvalue weighted by molar-refractivity contribution is 9.10. The van der Waals surface area contributed by atoms with Gasteiger partial charge < -0.3 is 14.5 Å². The van der Waals surface area contributed by atoms with E-state index >= 15 is 0 Å². The number of anilines is 1. The first-order valence-corrected chi connectivity index (χ1v) is 8.71. The van der Waals surface area contributed by atoms with Gasteiger partial charge in [0.25, 0.3) is 5.91 Å². The van der Waals surface area contributed by atoms with E-state index in [1.807, 2.05) is 25.1 Å². The van der Waals surface area contributed by atoms with Crippen molar-refractivity contribution in [1.82, 2.24) is 0 Å². The number of esters is 1. The topological polar surface area (TPSA) is 68.5 Å². The Morgan fingerprint density at radius 2 is 1.69 bits per heavy atom. The minimum atomic E-state index is -1.10. The number of benzene rings is 2. The van der Waals surface area contributed by atoms with Gasteiger partial charge in [0.2, 0.25) is 11.9 Å². The summed E-state index contributed by atoms with van der Waals surface area (Å²) < 4.78 is 11.0. The molecule has 1 atom stereocenters. The number of amides is 1. The van der Waals surface area contributed by atoms with Crippen molar-refractivity contribution in [3.05, 3.63) is 88.3 Å². The van der Waals surface area contributed by atoms with Gasteiger partial charge in [-0.3, -0.25) is 4.79 Å². The molecule has 3 aromatic rings. The number of hydrogen-bond donors (Lipinski definition) is 1. The largest absolute Gasteiger partial charge is 0.442 e. The molecule has 1 N–H and O–H groups in total. The quantitative estimate of drug-likeness (QED) is 0.604. The minimum Gasteiger partial charge on any atom is -0.442 e. The van der Waals surface area contributed by atoms with E-state index in [2.05, 4.69) is 21.2 Å². The van der Waals surface area contributed by atoms with Crippen molar-refractivity contribution in [2.24, 2.45) is 0 Å². The molecule has 6 heteroatoms. The van der Waals surface area contributed by atoms with E-state index in [1.54, 1.807) is 42.5 Å². The van der Waals surface area contributed by atoms with Crippen LogP contribution in [0.25, 0.3) is 0 Å². The Labute approximate surface area is 159 Å². The smallest absolute Gasteiger partial charge is 0.375 e. The molecule has 1 heterocycles. The lowest BCUT2D eigenvalue weighted by Gasteiger charge is -2.17.